The highest BCUT2D eigenvalue weighted by molar-refractivity contribution is 8.00. The summed E-state index contributed by atoms with van der Waals surface area (Å²) in [6.07, 6.45) is 0. The Hall–Kier alpha value is -1.24. The van der Waals surface area contributed by atoms with Crippen molar-refractivity contribution in [3.63, 3.8) is 0 Å². The summed E-state index contributed by atoms with van der Waals surface area (Å²) in [5.74, 6) is -0.495. The minimum atomic E-state index is -0.579. The maximum absolute atomic E-state index is 11.5. The minimum Gasteiger partial charge on any atom is -0.369 e. The molecule has 0 radical (unpaired) electrons. The average molecular weight is 290 g/mol. The molecule has 1 aromatic carbocycles. The van der Waals surface area contributed by atoms with E-state index in [9.17, 15) is 9.59 Å². The van der Waals surface area contributed by atoms with Crippen LogP contribution in [0.5, 0.6) is 0 Å². The van der Waals surface area contributed by atoms with Gasteiger partial charge in [0.25, 0.3) is 0 Å². The monoisotopic (exact) mass is 289 g/mol. The number of hydrogen-bond acceptors (Lipinski definition) is 4. The molecule has 0 spiro atoms. The maximum atomic E-state index is 11.5. The summed E-state index contributed by atoms with van der Waals surface area (Å²) < 4.78 is 0. The molecular weight excluding hydrogens is 274 g/mol. The van der Waals surface area contributed by atoms with Crippen molar-refractivity contribution in [1.82, 2.24) is 0 Å². The number of carbonyl (C=O) groups excluding carboxylic acids is 2. The molecule has 7 heteroatoms. The summed E-state index contributed by atoms with van der Waals surface area (Å²) in [6, 6.07) is 6.61. The lowest BCUT2D eigenvalue weighted by molar-refractivity contribution is -0.117. The molecule has 5 nitrogen and oxygen atoms in total. The summed E-state index contributed by atoms with van der Waals surface area (Å²) in [5.41, 5.74) is 11.2. The highest BCUT2D eigenvalue weighted by Crippen LogP contribution is 2.26. The first-order valence-corrected chi connectivity index (χ1v) is 6.06. The minimum absolute atomic E-state index is 0. The van der Waals surface area contributed by atoms with Crippen LogP contribution in [0.3, 0.4) is 0 Å². The lowest BCUT2D eigenvalue weighted by Gasteiger charge is -2.11. The molecule has 1 atom stereocenters. The zero-order chi connectivity index (χ0) is 12.8. The van der Waals surface area contributed by atoms with E-state index in [1.54, 1.807) is 19.1 Å². The summed E-state index contributed by atoms with van der Waals surface area (Å²) in [6.45, 7) is 1.61. The number of hydrogen-bond donors (Lipinski definition) is 3. The average Bonchev–Trinajstić information content (AvgIpc) is 2.27. The standard InChI is InChI=1S/C11H15N3O2S.ClH/c1-7(12)11(16)14-8-4-2-3-5-9(8)17-6-10(13)15;/h2-5,7H,6,12H2,1H3,(H2,13,15)(H,14,16);1H/t7-;/m0./s1. The topological polar surface area (TPSA) is 98.2 Å². The zero-order valence-electron chi connectivity index (χ0n) is 9.88. The lowest BCUT2D eigenvalue weighted by Crippen LogP contribution is -2.32. The summed E-state index contributed by atoms with van der Waals surface area (Å²) in [4.78, 5) is 23.0. The first-order valence-electron chi connectivity index (χ1n) is 5.07. The maximum Gasteiger partial charge on any atom is 0.241 e. The van der Waals surface area contributed by atoms with Crippen LogP contribution in [0.2, 0.25) is 0 Å². The second-order valence-corrected chi connectivity index (χ2v) is 4.55. The molecule has 0 aliphatic heterocycles. The van der Waals surface area contributed by atoms with Crippen molar-refractivity contribution in [3.8, 4) is 0 Å². The van der Waals surface area contributed by atoms with Crippen molar-refractivity contribution in [2.45, 2.75) is 17.9 Å². The van der Waals surface area contributed by atoms with Gasteiger partial charge in [0.2, 0.25) is 11.8 Å². The van der Waals surface area contributed by atoms with Gasteiger partial charge in [-0.05, 0) is 19.1 Å². The van der Waals surface area contributed by atoms with Crippen molar-refractivity contribution < 1.29 is 9.59 Å². The molecule has 0 unspecified atom stereocenters. The van der Waals surface area contributed by atoms with Crippen LogP contribution in [0.15, 0.2) is 29.2 Å². The number of rotatable bonds is 5. The second kappa shape index (κ2) is 7.97. The Morgan fingerprint density at radius 1 is 1.39 bits per heavy atom. The van der Waals surface area contributed by atoms with Crippen molar-refractivity contribution in [3.05, 3.63) is 24.3 Å². The number of nitrogens with one attached hydrogen (secondary N) is 1. The fraction of sp³-hybridized carbons (Fsp3) is 0.273. The van der Waals surface area contributed by atoms with Gasteiger partial charge < -0.3 is 16.8 Å². The number of amides is 2. The Morgan fingerprint density at radius 3 is 2.56 bits per heavy atom. The van der Waals surface area contributed by atoms with Gasteiger partial charge in [0.1, 0.15) is 0 Å². The molecule has 0 heterocycles. The number of halogens is 1. The molecule has 0 saturated carbocycles. The van der Waals surface area contributed by atoms with E-state index in [0.717, 1.165) is 4.90 Å². The molecule has 1 rings (SSSR count). The molecule has 0 aliphatic carbocycles. The fourth-order valence-electron chi connectivity index (χ4n) is 1.09. The number of benzene rings is 1. The Kier molecular flexibility index (Phi) is 7.42. The largest absolute Gasteiger partial charge is 0.369 e. The Morgan fingerprint density at radius 2 is 2.00 bits per heavy atom. The predicted molar refractivity (Wildman–Crippen MR) is 75.9 cm³/mol. The summed E-state index contributed by atoms with van der Waals surface area (Å²) >= 11 is 1.28. The number of thioether (sulfide) groups is 1. The third kappa shape index (κ3) is 5.39. The van der Waals surface area contributed by atoms with Crippen LogP contribution in [0.4, 0.5) is 5.69 Å². The van der Waals surface area contributed by atoms with E-state index in [1.165, 1.54) is 11.8 Å². The van der Waals surface area contributed by atoms with Gasteiger partial charge in [-0.25, -0.2) is 0 Å². The summed E-state index contributed by atoms with van der Waals surface area (Å²) in [5, 5.41) is 2.70. The smallest absolute Gasteiger partial charge is 0.241 e. The molecule has 5 N–H and O–H groups in total. The van der Waals surface area contributed by atoms with Gasteiger partial charge in [0, 0.05) is 4.90 Å². The first kappa shape index (κ1) is 16.8. The molecule has 1 aromatic rings. The van der Waals surface area contributed by atoms with Crippen molar-refractivity contribution in [2.24, 2.45) is 11.5 Å². The van der Waals surface area contributed by atoms with Gasteiger partial charge in [0.15, 0.2) is 0 Å². The number of carbonyl (C=O) groups is 2. The van der Waals surface area contributed by atoms with Crippen molar-refractivity contribution in [1.29, 1.82) is 0 Å². The molecule has 100 valence electrons. The van der Waals surface area contributed by atoms with Gasteiger partial charge in [0.05, 0.1) is 17.5 Å². The van der Waals surface area contributed by atoms with E-state index in [0.29, 0.717) is 5.69 Å². The van der Waals surface area contributed by atoms with Gasteiger partial charge >= 0.3 is 0 Å². The molecule has 18 heavy (non-hydrogen) atoms. The number of para-hydroxylation sites is 1. The van der Waals surface area contributed by atoms with Crippen LogP contribution >= 0.6 is 24.2 Å². The molecule has 0 saturated heterocycles. The third-order valence-electron chi connectivity index (χ3n) is 1.93. The number of nitrogens with two attached hydrogens (primary N) is 2. The fourth-order valence-corrected chi connectivity index (χ4v) is 1.84. The third-order valence-corrected chi connectivity index (χ3v) is 3.02. The van der Waals surface area contributed by atoms with E-state index in [1.807, 2.05) is 12.1 Å². The van der Waals surface area contributed by atoms with Gasteiger partial charge in [-0.15, -0.1) is 24.2 Å². The molecule has 2 amide bonds. The van der Waals surface area contributed by atoms with Gasteiger partial charge in [-0.3, -0.25) is 9.59 Å². The van der Waals surface area contributed by atoms with Crippen molar-refractivity contribution in [2.75, 3.05) is 11.1 Å². The van der Waals surface area contributed by atoms with E-state index < -0.39 is 11.9 Å². The molecular formula is C11H16ClN3O2S. The van der Waals surface area contributed by atoms with Crippen LogP contribution in [-0.2, 0) is 9.59 Å². The normalized spacial score (nSPS) is 11.2. The van der Waals surface area contributed by atoms with E-state index in [-0.39, 0.29) is 24.1 Å². The van der Waals surface area contributed by atoms with Crippen LogP contribution in [0, 0.1) is 0 Å². The van der Waals surface area contributed by atoms with Crippen LogP contribution in [0.25, 0.3) is 0 Å². The number of anilines is 1. The number of primary amides is 1. The van der Waals surface area contributed by atoms with E-state index in [2.05, 4.69) is 5.32 Å². The van der Waals surface area contributed by atoms with Gasteiger partial charge in [-0.1, -0.05) is 12.1 Å². The molecule has 0 aromatic heterocycles. The Balaban J connectivity index is 0.00000289. The summed E-state index contributed by atoms with van der Waals surface area (Å²) in [7, 11) is 0. The molecule has 0 bridgehead atoms. The van der Waals surface area contributed by atoms with E-state index >= 15 is 0 Å². The second-order valence-electron chi connectivity index (χ2n) is 3.53. The first-order chi connectivity index (χ1) is 8.00. The van der Waals surface area contributed by atoms with Crippen LogP contribution in [-0.4, -0.2) is 23.6 Å². The lowest BCUT2D eigenvalue weighted by atomic mass is 10.3. The van der Waals surface area contributed by atoms with Gasteiger partial charge in [-0.2, -0.15) is 0 Å². The SMILES string of the molecule is C[C@H](N)C(=O)Nc1ccccc1SCC(N)=O.Cl. The van der Waals surface area contributed by atoms with Crippen LogP contribution in [0.1, 0.15) is 6.92 Å². The molecule has 0 fully saturated rings. The molecule has 0 aliphatic rings. The zero-order valence-corrected chi connectivity index (χ0v) is 11.5. The van der Waals surface area contributed by atoms with Crippen LogP contribution < -0.4 is 16.8 Å². The quantitative estimate of drug-likeness (QED) is 0.704. The highest BCUT2D eigenvalue weighted by Gasteiger charge is 2.10. The van der Waals surface area contributed by atoms with Crippen molar-refractivity contribution >= 4 is 41.7 Å². The Bertz CT molecular complexity index is 427. The highest BCUT2D eigenvalue weighted by atomic mass is 35.5. The van der Waals surface area contributed by atoms with E-state index in [4.69, 9.17) is 11.5 Å². The predicted octanol–water partition coefficient (Wildman–Crippen LogP) is 0.971. The Labute approximate surface area is 116 Å².